The molecular formula is C15H19N2O2. The van der Waals surface area contributed by atoms with Crippen molar-refractivity contribution in [1.82, 2.24) is 10.2 Å². The largest absolute Gasteiger partial charge is 0.493 e. The molecule has 1 heterocycles. The van der Waals surface area contributed by atoms with E-state index in [0.29, 0.717) is 13.2 Å². The van der Waals surface area contributed by atoms with Crippen molar-refractivity contribution in [1.29, 1.82) is 0 Å². The fourth-order valence-corrected chi connectivity index (χ4v) is 2.07. The van der Waals surface area contributed by atoms with Gasteiger partial charge in [-0.3, -0.25) is 5.10 Å². The van der Waals surface area contributed by atoms with Gasteiger partial charge in [-0.1, -0.05) is 6.92 Å². The second-order valence-corrected chi connectivity index (χ2v) is 4.02. The number of nitrogens with one attached hydrogen (secondary N) is 1. The van der Waals surface area contributed by atoms with Gasteiger partial charge < -0.3 is 9.47 Å². The van der Waals surface area contributed by atoms with Gasteiger partial charge in [-0.2, -0.15) is 5.10 Å². The quantitative estimate of drug-likeness (QED) is 0.866. The first-order valence-electron chi connectivity index (χ1n) is 6.64. The van der Waals surface area contributed by atoms with Crippen molar-refractivity contribution >= 4 is 0 Å². The zero-order chi connectivity index (χ0) is 13.7. The van der Waals surface area contributed by atoms with E-state index in [1.54, 1.807) is 0 Å². The van der Waals surface area contributed by atoms with Crippen LogP contribution in [0.2, 0.25) is 0 Å². The van der Waals surface area contributed by atoms with E-state index in [1.807, 2.05) is 32.2 Å². The molecule has 0 atom stereocenters. The number of ether oxygens (including phenoxy) is 2. The Balaban J connectivity index is 2.57. The molecule has 1 N–H and O–H groups in total. The van der Waals surface area contributed by atoms with Crippen LogP contribution in [0.5, 0.6) is 11.5 Å². The second kappa shape index (κ2) is 6.27. The number of nitrogens with zero attached hydrogens (tertiary/aromatic N) is 1. The van der Waals surface area contributed by atoms with E-state index in [4.69, 9.17) is 9.47 Å². The van der Waals surface area contributed by atoms with Gasteiger partial charge in [0.05, 0.1) is 24.5 Å². The van der Waals surface area contributed by atoms with Crippen molar-refractivity contribution in [3.8, 4) is 22.6 Å². The molecule has 0 fully saturated rings. The normalized spacial score (nSPS) is 10.5. The van der Waals surface area contributed by atoms with Crippen molar-refractivity contribution in [3.05, 3.63) is 30.1 Å². The summed E-state index contributed by atoms with van der Waals surface area (Å²) < 4.78 is 11.4. The summed E-state index contributed by atoms with van der Waals surface area (Å²) in [5.41, 5.74) is 2.99. The molecule has 1 aromatic heterocycles. The Kier molecular flexibility index (Phi) is 4.44. The van der Waals surface area contributed by atoms with Crippen LogP contribution in [0.25, 0.3) is 11.1 Å². The predicted octanol–water partition coefficient (Wildman–Crippen LogP) is 3.24. The van der Waals surface area contributed by atoms with Crippen molar-refractivity contribution in [2.24, 2.45) is 0 Å². The molecule has 1 aromatic carbocycles. The monoisotopic (exact) mass is 259 g/mol. The Bertz CT molecular complexity index is 510. The van der Waals surface area contributed by atoms with E-state index in [-0.39, 0.29) is 0 Å². The molecule has 0 bridgehead atoms. The predicted molar refractivity (Wildman–Crippen MR) is 74.6 cm³/mol. The molecule has 0 aliphatic rings. The third-order valence-corrected chi connectivity index (χ3v) is 2.84. The molecule has 0 aliphatic carbocycles. The lowest BCUT2D eigenvalue weighted by atomic mass is 10.0. The van der Waals surface area contributed by atoms with Crippen LogP contribution >= 0.6 is 0 Å². The van der Waals surface area contributed by atoms with Crippen LogP contribution in [0.1, 0.15) is 26.5 Å². The van der Waals surface area contributed by atoms with Gasteiger partial charge in [-0.25, -0.2) is 0 Å². The highest BCUT2D eigenvalue weighted by Crippen LogP contribution is 2.39. The second-order valence-electron chi connectivity index (χ2n) is 4.02. The molecule has 0 saturated carbocycles. The number of benzene rings is 1. The van der Waals surface area contributed by atoms with Crippen LogP contribution < -0.4 is 9.47 Å². The van der Waals surface area contributed by atoms with Gasteiger partial charge in [0.15, 0.2) is 0 Å². The van der Waals surface area contributed by atoms with E-state index >= 15 is 0 Å². The number of H-pyrrole nitrogens is 1. The maximum Gasteiger partial charge on any atom is 0.131 e. The number of hydrogen-bond acceptors (Lipinski definition) is 3. The van der Waals surface area contributed by atoms with Crippen LogP contribution in [0.3, 0.4) is 0 Å². The Hall–Kier alpha value is -1.97. The van der Waals surface area contributed by atoms with Crippen LogP contribution in [0, 0.1) is 6.07 Å². The lowest BCUT2D eigenvalue weighted by Crippen LogP contribution is -1.99. The molecule has 0 aliphatic heterocycles. The van der Waals surface area contributed by atoms with E-state index in [9.17, 15) is 0 Å². The van der Waals surface area contributed by atoms with Gasteiger partial charge in [-0.15, -0.1) is 0 Å². The number of hydrogen-bond donors (Lipinski definition) is 1. The zero-order valence-electron chi connectivity index (χ0n) is 11.6. The highest BCUT2D eigenvalue weighted by atomic mass is 16.5. The minimum absolute atomic E-state index is 0.607. The summed E-state index contributed by atoms with van der Waals surface area (Å²) in [7, 11) is 0. The molecule has 1 radical (unpaired) electrons. The average Bonchev–Trinajstić information content (AvgIpc) is 2.88. The van der Waals surface area contributed by atoms with Crippen LogP contribution in [-0.2, 0) is 6.42 Å². The smallest absolute Gasteiger partial charge is 0.131 e. The first-order chi connectivity index (χ1) is 9.31. The highest BCUT2D eigenvalue weighted by Gasteiger charge is 2.17. The molecule has 0 amide bonds. The van der Waals surface area contributed by atoms with E-state index < -0.39 is 0 Å². The summed E-state index contributed by atoms with van der Waals surface area (Å²) in [5.74, 6) is 1.56. The maximum absolute atomic E-state index is 5.69. The Morgan fingerprint density at radius 1 is 1.11 bits per heavy atom. The van der Waals surface area contributed by atoms with E-state index in [0.717, 1.165) is 34.7 Å². The molecule has 4 heteroatoms. The summed E-state index contributed by atoms with van der Waals surface area (Å²) in [6.07, 6.45) is 2.74. The molecule has 2 rings (SSSR count). The third-order valence-electron chi connectivity index (χ3n) is 2.84. The van der Waals surface area contributed by atoms with Gasteiger partial charge in [0.1, 0.15) is 11.5 Å². The van der Waals surface area contributed by atoms with Gasteiger partial charge in [0, 0.05) is 11.8 Å². The number of rotatable bonds is 6. The summed E-state index contributed by atoms with van der Waals surface area (Å²) >= 11 is 0. The van der Waals surface area contributed by atoms with Crippen LogP contribution in [-0.4, -0.2) is 23.4 Å². The number of aromatic amines is 1. The van der Waals surface area contributed by atoms with Crippen molar-refractivity contribution in [2.45, 2.75) is 27.2 Å². The molecule has 2 aromatic rings. The molecule has 0 spiro atoms. The van der Waals surface area contributed by atoms with Crippen molar-refractivity contribution in [3.63, 3.8) is 0 Å². The topological polar surface area (TPSA) is 47.1 Å². The van der Waals surface area contributed by atoms with Crippen molar-refractivity contribution in [2.75, 3.05) is 13.2 Å². The third kappa shape index (κ3) is 2.72. The van der Waals surface area contributed by atoms with Gasteiger partial charge in [0.25, 0.3) is 0 Å². The first kappa shape index (κ1) is 13.5. The van der Waals surface area contributed by atoms with Crippen LogP contribution in [0.4, 0.5) is 0 Å². The summed E-state index contributed by atoms with van der Waals surface area (Å²) in [4.78, 5) is 0. The molecular weight excluding hydrogens is 240 g/mol. The minimum atomic E-state index is 0.607. The highest BCUT2D eigenvalue weighted by molar-refractivity contribution is 5.78. The van der Waals surface area contributed by atoms with Crippen LogP contribution in [0.15, 0.2) is 18.3 Å². The molecule has 101 valence electrons. The zero-order valence-corrected chi connectivity index (χ0v) is 11.6. The standard InChI is InChI=1S/C15H19N2O2/c1-4-12-11(10-16-17-12)15-13(18-5-2)8-7-9-14(15)19-6-3/h8-10H,4-6H2,1-3H3,(H,16,17). The summed E-state index contributed by atoms with van der Waals surface area (Å²) in [6, 6.07) is 6.74. The SMILES string of the molecule is CCOc1c[c]cc(OCC)c1-c1c[nH]nc1CC. The number of aromatic nitrogens is 2. The molecule has 19 heavy (non-hydrogen) atoms. The van der Waals surface area contributed by atoms with Gasteiger partial charge >= 0.3 is 0 Å². The fourth-order valence-electron chi connectivity index (χ4n) is 2.07. The minimum Gasteiger partial charge on any atom is -0.493 e. The first-order valence-corrected chi connectivity index (χ1v) is 6.64. The number of aryl methyl sites for hydroxylation is 1. The average molecular weight is 259 g/mol. The van der Waals surface area contributed by atoms with Gasteiger partial charge in [-0.05, 0) is 38.5 Å². The fraction of sp³-hybridized carbons (Fsp3) is 0.400. The molecule has 4 nitrogen and oxygen atoms in total. The van der Waals surface area contributed by atoms with Gasteiger partial charge in [0.2, 0.25) is 0 Å². The van der Waals surface area contributed by atoms with E-state index in [1.165, 1.54) is 0 Å². The molecule has 0 unspecified atom stereocenters. The summed E-state index contributed by atoms with van der Waals surface area (Å²) in [6.45, 7) is 7.22. The lowest BCUT2D eigenvalue weighted by Gasteiger charge is -2.14. The molecule has 0 saturated heterocycles. The maximum atomic E-state index is 5.69. The Labute approximate surface area is 113 Å². The van der Waals surface area contributed by atoms with Crippen molar-refractivity contribution < 1.29 is 9.47 Å². The Morgan fingerprint density at radius 2 is 1.74 bits per heavy atom. The Morgan fingerprint density at radius 3 is 2.26 bits per heavy atom. The lowest BCUT2D eigenvalue weighted by molar-refractivity contribution is 0.325. The van der Waals surface area contributed by atoms with E-state index in [2.05, 4.69) is 23.2 Å². The summed E-state index contributed by atoms with van der Waals surface area (Å²) in [5, 5.41) is 7.18.